The number of carbonyl (C=O) groups is 1. The Labute approximate surface area is 140 Å². The molecular weight excluding hydrogens is 314 g/mol. The zero-order valence-electron chi connectivity index (χ0n) is 14.2. The Morgan fingerprint density at radius 3 is 2.46 bits per heavy atom. The molecule has 1 aliphatic rings. The van der Waals surface area contributed by atoms with Gasteiger partial charge in [0, 0.05) is 18.2 Å². The number of amides is 1. The topological polar surface area (TPSA) is 104 Å². The fourth-order valence-corrected chi connectivity index (χ4v) is 2.52. The van der Waals surface area contributed by atoms with Crippen LogP contribution in [0.1, 0.15) is 46.5 Å². The van der Waals surface area contributed by atoms with Crippen molar-refractivity contribution in [2.75, 3.05) is 0 Å². The van der Waals surface area contributed by atoms with Crippen LogP contribution in [0.4, 0.5) is 10.5 Å². The Bertz CT molecular complexity index is 574. The molecule has 0 unspecified atom stereocenters. The van der Waals surface area contributed by atoms with Crippen LogP contribution < -0.4 is 10.1 Å². The lowest BCUT2D eigenvalue weighted by atomic mass is 9.93. The van der Waals surface area contributed by atoms with Crippen molar-refractivity contribution < 1.29 is 19.2 Å². The van der Waals surface area contributed by atoms with Crippen LogP contribution in [-0.2, 0) is 4.74 Å². The van der Waals surface area contributed by atoms with Crippen molar-refractivity contribution in [3.63, 3.8) is 0 Å². The number of nitrogens with zero attached hydrogens (tertiary/aromatic N) is 2. The summed E-state index contributed by atoms with van der Waals surface area (Å²) in [5, 5.41) is 13.5. The lowest BCUT2D eigenvalue weighted by Gasteiger charge is -2.30. The zero-order chi connectivity index (χ0) is 17.7. The predicted molar refractivity (Wildman–Crippen MR) is 86.9 cm³/mol. The quantitative estimate of drug-likeness (QED) is 0.668. The molecule has 1 aliphatic carbocycles. The number of alkyl carbamates (subject to hydrolysis) is 1. The zero-order valence-corrected chi connectivity index (χ0v) is 14.2. The molecule has 24 heavy (non-hydrogen) atoms. The van der Waals surface area contributed by atoms with Crippen molar-refractivity contribution in [2.45, 2.75) is 64.2 Å². The summed E-state index contributed by atoms with van der Waals surface area (Å²) in [6.07, 6.45) is 3.91. The average molecular weight is 337 g/mol. The molecular formula is C16H23N3O5. The molecule has 0 bridgehead atoms. The summed E-state index contributed by atoms with van der Waals surface area (Å²) in [5.74, 6) is 0.379. The second-order valence-electron chi connectivity index (χ2n) is 6.85. The summed E-state index contributed by atoms with van der Waals surface area (Å²) >= 11 is 0. The van der Waals surface area contributed by atoms with Gasteiger partial charge in [-0.15, -0.1) is 0 Å². The van der Waals surface area contributed by atoms with Crippen LogP contribution in [0.3, 0.4) is 0 Å². The first-order valence-electron chi connectivity index (χ1n) is 7.99. The van der Waals surface area contributed by atoms with Crippen molar-refractivity contribution in [1.29, 1.82) is 0 Å². The number of aromatic nitrogens is 1. The van der Waals surface area contributed by atoms with Crippen LogP contribution in [0.2, 0.25) is 0 Å². The third-order valence-electron chi connectivity index (χ3n) is 3.61. The Morgan fingerprint density at radius 2 is 1.96 bits per heavy atom. The number of hydrogen-bond acceptors (Lipinski definition) is 6. The average Bonchev–Trinajstić information content (AvgIpc) is 2.48. The fourth-order valence-electron chi connectivity index (χ4n) is 2.52. The van der Waals surface area contributed by atoms with E-state index in [1.165, 1.54) is 18.3 Å². The van der Waals surface area contributed by atoms with Gasteiger partial charge in [-0.2, -0.15) is 0 Å². The van der Waals surface area contributed by atoms with Gasteiger partial charge in [0.1, 0.15) is 17.9 Å². The molecule has 0 atom stereocenters. The van der Waals surface area contributed by atoms with E-state index in [0.717, 1.165) is 25.7 Å². The predicted octanol–water partition coefficient (Wildman–Crippen LogP) is 3.20. The van der Waals surface area contributed by atoms with Gasteiger partial charge < -0.3 is 14.8 Å². The van der Waals surface area contributed by atoms with E-state index in [1.807, 2.05) is 20.8 Å². The van der Waals surface area contributed by atoms with Gasteiger partial charge in [-0.3, -0.25) is 10.1 Å². The summed E-state index contributed by atoms with van der Waals surface area (Å²) in [6, 6.07) is 2.95. The largest absolute Gasteiger partial charge is 0.474 e. The van der Waals surface area contributed by atoms with E-state index in [-0.39, 0.29) is 17.8 Å². The normalized spacial score (nSPS) is 21.0. The highest BCUT2D eigenvalue weighted by atomic mass is 16.6. The van der Waals surface area contributed by atoms with Crippen LogP contribution in [0.15, 0.2) is 18.3 Å². The van der Waals surface area contributed by atoms with Crippen LogP contribution in [0.5, 0.6) is 5.88 Å². The van der Waals surface area contributed by atoms with Crippen LogP contribution in [0, 0.1) is 10.1 Å². The van der Waals surface area contributed by atoms with Gasteiger partial charge in [-0.1, -0.05) is 0 Å². The molecule has 0 aromatic carbocycles. The van der Waals surface area contributed by atoms with E-state index >= 15 is 0 Å². The smallest absolute Gasteiger partial charge is 0.407 e. The van der Waals surface area contributed by atoms with Gasteiger partial charge in [0.25, 0.3) is 5.69 Å². The molecule has 1 saturated carbocycles. The maximum Gasteiger partial charge on any atom is 0.407 e. The molecule has 0 saturated heterocycles. The third kappa shape index (κ3) is 5.68. The summed E-state index contributed by atoms with van der Waals surface area (Å²) in [6.45, 7) is 5.48. The van der Waals surface area contributed by atoms with Gasteiger partial charge in [0.2, 0.25) is 5.88 Å². The first kappa shape index (κ1) is 18.0. The maximum atomic E-state index is 11.8. The highest BCUT2D eigenvalue weighted by molar-refractivity contribution is 5.68. The van der Waals surface area contributed by atoms with Crippen LogP contribution >= 0.6 is 0 Å². The SMILES string of the molecule is CC(C)(C)OC(=O)NC1CCC(Oc2ccc([N+](=O)[O-])cn2)CC1. The molecule has 2 rings (SSSR count). The molecule has 1 heterocycles. The third-order valence-corrected chi connectivity index (χ3v) is 3.61. The number of nitro groups is 1. The van der Waals surface area contributed by atoms with E-state index in [9.17, 15) is 14.9 Å². The fraction of sp³-hybridized carbons (Fsp3) is 0.625. The number of rotatable bonds is 4. The summed E-state index contributed by atoms with van der Waals surface area (Å²) in [4.78, 5) is 25.8. The van der Waals surface area contributed by atoms with Crippen molar-refractivity contribution in [3.8, 4) is 5.88 Å². The number of hydrogen-bond donors (Lipinski definition) is 1. The minimum Gasteiger partial charge on any atom is -0.474 e. The molecule has 1 fully saturated rings. The number of nitrogens with one attached hydrogen (secondary N) is 1. The van der Waals surface area contributed by atoms with E-state index < -0.39 is 16.6 Å². The van der Waals surface area contributed by atoms with Crippen LogP contribution in [0.25, 0.3) is 0 Å². The molecule has 0 spiro atoms. The van der Waals surface area contributed by atoms with E-state index in [2.05, 4.69) is 10.3 Å². The maximum absolute atomic E-state index is 11.8. The molecule has 1 aromatic heterocycles. The van der Waals surface area contributed by atoms with Crippen LogP contribution in [-0.4, -0.2) is 33.7 Å². The molecule has 1 amide bonds. The summed E-state index contributed by atoms with van der Waals surface area (Å²) in [5.41, 5.74) is -0.570. The molecule has 8 nitrogen and oxygen atoms in total. The van der Waals surface area contributed by atoms with Gasteiger partial charge in [0.15, 0.2) is 0 Å². The lowest BCUT2D eigenvalue weighted by Crippen LogP contribution is -2.42. The van der Waals surface area contributed by atoms with Crippen molar-refractivity contribution >= 4 is 11.8 Å². The minimum absolute atomic E-state index is 0.00403. The first-order valence-corrected chi connectivity index (χ1v) is 7.99. The minimum atomic E-state index is -0.508. The first-order chi connectivity index (χ1) is 11.2. The Hall–Kier alpha value is -2.38. The molecule has 1 aromatic rings. The van der Waals surface area contributed by atoms with E-state index in [4.69, 9.17) is 9.47 Å². The van der Waals surface area contributed by atoms with Crippen molar-refractivity contribution in [1.82, 2.24) is 10.3 Å². The van der Waals surface area contributed by atoms with Gasteiger partial charge in [-0.25, -0.2) is 9.78 Å². The number of carbonyl (C=O) groups excluding carboxylic acids is 1. The monoisotopic (exact) mass is 337 g/mol. The second kappa shape index (κ2) is 7.46. The summed E-state index contributed by atoms with van der Waals surface area (Å²) in [7, 11) is 0. The lowest BCUT2D eigenvalue weighted by molar-refractivity contribution is -0.385. The summed E-state index contributed by atoms with van der Waals surface area (Å²) < 4.78 is 11.0. The molecule has 132 valence electrons. The molecule has 0 aliphatic heterocycles. The van der Waals surface area contributed by atoms with Gasteiger partial charge in [-0.05, 0) is 46.5 Å². The van der Waals surface area contributed by atoms with E-state index in [0.29, 0.717) is 5.88 Å². The molecule has 8 heteroatoms. The Morgan fingerprint density at radius 1 is 1.29 bits per heavy atom. The molecule has 0 radical (unpaired) electrons. The second-order valence-corrected chi connectivity index (χ2v) is 6.85. The standard InChI is InChI=1S/C16H23N3O5/c1-16(2,3)24-15(20)18-11-4-7-13(8-5-11)23-14-9-6-12(10-17-14)19(21)22/h6,9-11,13H,4-5,7-8H2,1-3H3,(H,18,20). The van der Waals surface area contributed by atoms with E-state index in [1.54, 1.807) is 0 Å². The van der Waals surface area contributed by atoms with Crippen molar-refractivity contribution in [2.24, 2.45) is 0 Å². The highest BCUT2D eigenvalue weighted by Gasteiger charge is 2.26. The highest BCUT2D eigenvalue weighted by Crippen LogP contribution is 2.24. The van der Waals surface area contributed by atoms with Gasteiger partial charge >= 0.3 is 6.09 Å². The van der Waals surface area contributed by atoms with Gasteiger partial charge in [0.05, 0.1) is 4.92 Å². The number of pyridine rings is 1. The van der Waals surface area contributed by atoms with Crippen molar-refractivity contribution in [3.05, 3.63) is 28.4 Å². The molecule has 1 N–H and O–H groups in total. The Kier molecular flexibility index (Phi) is 5.58. The number of ether oxygens (including phenoxy) is 2. The Balaban J connectivity index is 1.76.